The molecule has 0 fully saturated rings. The van der Waals surface area contributed by atoms with Gasteiger partial charge in [0.25, 0.3) is 0 Å². The highest BCUT2D eigenvalue weighted by molar-refractivity contribution is 7.99. The summed E-state index contributed by atoms with van der Waals surface area (Å²) in [4.78, 5) is 0.864. The molecule has 1 atom stereocenters. The highest BCUT2D eigenvalue weighted by Gasteiger charge is 2.14. The van der Waals surface area contributed by atoms with E-state index in [4.69, 9.17) is 4.74 Å². The second kappa shape index (κ2) is 8.47. The molecule has 1 N–H and O–H groups in total. The largest absolute Gasteiger partial charge is 0.491 e. The molecule has 0 aliphatic rings. The van der Waals surface area contributed by atoms with Crippen molar-refractivity contribution < 1.29 is 9.84 Å². The summed E-state index contributed by atoms with van der Waals surface area (Å²) in [5.41, 5.74) is 3.40. The minimum absolute atomic E-state index is 0.226. The summed E-state index contributed by atoms with van der Waals surface area (Å²) in [6, 6.07) is 26.3. The van der Waals surface area contributed by atoms with Crippen LogP contribution in [0.5, 0.6) is 5.75 Å². The molecule has 3 aromatic carbocycles. The maximum absolute atomic E-state index is 10.4. The van der Waals surface area contributed by atoms with Crippen molar-refractivity contribution in [1.82, 2.24) is 14.6 Å². The highest BCUT2D eigenvalue weighted by Crippen LogP contribution is 2.29. The first-order chi connectivity index (χ1) is 14.8. The lowest BCUT2D eigenvalue weighted by Crippen LogP contribution is -2.20. The summed E-state index contributed by atoms with van der Waals surface area (Å²) < 4.78 is 8.98. The van der Waals surface area contributed by atoms with Gasteiger partial charge in [0.15, 0.2) is 5.16 Å². The molecule has 0 radical (unpaired) electrons. The number of benzene rings is 3. The average Bonchev–Trinajstić information content (AvgIpc) is 3.36. The molecule has 0 saturated heterocycles. The molecule has 1 unspecified atom stereocenters. The molecule has 2 heterocycles. The predicted octanol–water partition coefficient (Wildman–Crippen LogP) is 5.14. The maximum Gasteiger partial charge on any atom is 0.217 e. The third-order valence-electron chi connectivity index (χ3n) is 4.72. The van der Waals surface area contributed by atoms with Crippen molar-refractivity contribution in [1.29, 1.82) is 0 Å². The molecule has 2 aromatic heterocycles. The van der Waals surface area contributed by atoms with E-state index in [9.17, 15) is 5.11 Å². The van der Waals surface area contributed by atoms with Gasteiger partial charge in [0.2, 0.25) is 4.96 Å². The first-order valence-corrected chi connectivity index (χ1v) is 11.4. The van der Waals surface area contributed by atoms with Crippen molar-refractivity contribution in [2.75, 3.05) is 12.4 Å². The molecule has 0 bridgehead atoms. The van der Waals surface area contributed by atoms with Gasteiger partial charge in [0, 0.05) is 5.75 Å². The summed E-state index contributed by atoms with van der Waals surface area (Å²) in [6.07, 6.45) is -0.610. The molecule has 5 aromatic rings. The lowest BCUT2D eigenvalue weighted by molar-refractivity contribution is 0.126. The van der Waals surface area contributed by atoms with Crippen LogP contribution in [0.2, 0.25) is 0 Å². The fraction of sp³-hybridized carbons (Fsp3) is 0.130. The molecule has 0 saturated carbocycles. The normalized spacial score (nSPS) is 12.4. The Morgan fingerprint density at radius 3 is 2.47 bits per heavy atom. The Bertz CT molecular complexity index is 1270. The van der Waals surface area contributed by atoms with E-state index in [1.807, 2.05) is 59.0 Å². The Hall–Kier alpha value is -2.87. The number of thiazole rings is 1. The third-order valence-corrected chi connectivity index (χ3v) is 6.81. The Balaban J connectivity index is 1.19. The van der Waals surface area contributed by atoms with E-state index < -0.39 is 6.10 Å². The van der Waals surface area contributed by atoms with Gasteiger partial charge in [-0.1, -0.05) is 77.7 Å². The first kappa shape index (κ1) is 19.1. The van der Waals surface area contributed by atoms with E-state index in [-0.39, 0.29) is 6.61 Å². The zero-order valence-electron chi connectivity index (χ0n) is 16.0. The molecular formula is C23H19N3O2S2. The standard InChI is InChI=1S/C23H19N3O2S2/c27-18(14-28-19-12-10-17(11-13-19)16-6-2-1-3-7-16)15-29-22-24-25-23-26(22)20-8-4-5-9-21(20)30-23/h1-13,18,27H,14-15H2. The van der Waals surface area contributed by atoms with Crippen LogP contribution in [0, 0.1) is 0 Å². The maximum atomic E-state index is 10.4. The number of thioether (sulfide) groups is 1. The molecule has 30 heavy (non-hydrogen) atoms. The topological polar surface area (TPSA) is 59.7 Å². The molecule has 0 aliphatic heterocycles. The van der Waals surface area contributed by atoms with E-state index in [0.717, 1.165) is 26.9 Å². The van der Waals surface area contributed by atoms with Gasteiger partial charge >= 0.3 is 0 Å². The van der Waals surface area contributed by atoms with Crippen molar-refractivity contribution >= 4 is 38.3 Å². The number of nitrogens with zero attached hydrogens (tertiary/aromatic N) is 3. The van der Waals surface area contributed by atoms with Crippen LogP contribution < -0.4 is 4.74 Å². The predicted molar refractivity (Wildman–Crippen MR) is 122 cm³/mol. The van der Waals surface area contributed by atoms with Gasteiger partial charge in [0.1, 0.15) is 12.4 Å². The Labute approximate surface area is 182 Å². The Kier molecular flexibility index (Phi) is 5.40. The van der Waals surface area contributed by atoms with E-state index in [0.29, 0.717) is 5.75 Å². The molecular weight excluding hydrogens is 414 g/mol. The molecule has 7 heteroatoms. The fourth-order valence-corrected chi connectivity index (χ4v) is 5.11. The molecule has 0 aliphatic carbocycles. The molecule has 0 spiro atoms. The van der Waals surface area contributed by atoms with Gasteiger partial charge in [-0.05, 0) is 35.4 Å². The highest BCUT2D eigenvalue weighted by atomic mass is 32.2. The molecule has 150 valence electrons. The van der Waals surface area contributed by atoms with E-state index in [1.165, 1.54) is 22.0 Å². The number of hydrogen-bond donors (Lipinski definition) is 1. The van der Waals surface area contributed by atoms with Crippen molar-refractivity contribution in [2.45, 2.75) is 11.3 Å². The van der Waals surface area contributed by atoms with Crippen LogP contribution in [0.15, 0.2) is 84.0 Å². The number of ether oxygens (including phenoxy) is 1. The lowest BCUT2D eigenvalue weighted by Gasteiger charge is -2.12. The molecule has 0 amide bonds. The molecule has 5 rings (SSSR count). The SMILES string of the molecule is OC(COc1ccc(-c2ccccc2)cc1)CSc1nnc2sc3ccccc3n12. The number of hydrogen-bond acceptors (Lipinski definition) is 6. The van der Waals surface area contributed by atoms with Crippen LogP contribution in [0.1, 0.15) is 0 Å². The van der Waals surface area contributed by atoms with Gasteiger partial charge in [-0.2, -0.15) is 0 Å². The average molecular weight is 434 g/mol. The number of rotatable bonds is 7. The van der Waals surface area contributed by atoms with Crippen LogP contribution in [-0.4, -0.2) is 38.2 Å². The van der Waals surface area contributed by atoms with E-state index in [1.54, 1.807) is 11.3 Å². The fourth-order valence-electron chi connectivity index (χ4n) is 3.23. The number of aliphatic hydroxyl groups is 1. The number of fused-ring (bicyclic) bond motifs is 3. The Morgan fingerprint density at radius 1 is 0.900 bits per heavy atom. The van der Waals surface area contributed by atoms with Crippen molar-refractivity contribution in [3.8, 4) is 16.9 Å². The van der Waals surface area contributed by atoms with Gasteiger partial charge in [-0.3, -0.25) is 4.40 Å². The summed E-state index contributed by atoms with van der Waals surface area (Å²) in [5.74, 6) is 1.22. The third kappa shape index (κ3) is 3.92. The Morgan fingerprint density at radius 2 is 1.63 bits per heavy atom. The van der Waals surface area contributed by atoms with Gasteiger partial charge in [-0.15, -0.1) is 10.2 Å². The summed E-state index contributed by atoms with van der Waals surface area (Å²) >= 11 is 3.10. The van der Waals surface area contributed by atoms with Crippen LogP contribution in [0.4, 0.5) is 0 Å². The zero-order chi connectivity index (χ0) is 20.3. The smallest absolute Gasteiger partial charge is 0.217 e. The van der Waals surface area contributed by atoms with Crippen LogP contribution in [0.25, 0.3) is 26.3 Å². The van der Waals surface area contributed by atoms with E-state index in [2.05, 4.69) is 34.5 Å². The zero-order valence-corrected chi connectivity index (χ0v) is 17.6. The van der Waals surface area contributed by atoms with E-state index >= 15 is 0 Å². The lowest BCUT2D eigenvalue weighted by atomic mass is 10.1. The minimum Gasteiger partial charge on any atom is -0.491 e. The molecule has 5 nitrogen and oxygen atoms in total. The van der Waals surface area contributed by atoms with Crippen molar-refractivity contribution in [2.24, 2.45) is 0 Å². The number of aliphatic hydroxyl groups excluding tert-OH is 1. The summed E-state index contributed by atoms with van der Waals surface area (Å²) in [6.45, 7) is 0.226. The van der Waals surface area contributed by atoms with Crippen LogP contribution in [0.3, 0.4) is 0 Å². The van der Waals surface area contributed by atoms with Crippen LogP contribution in [-0.2, 0) is 0 Å². The minimum atomic E-state index is -0.610. The second-order valence-electron chi connectivity index (χ2n) is 6.84. The van der Waals surface area contributed by atoms with Crippen molar-refractivity contribution in [3.05, 3.63) is 78.9 Å². The quantitative estimate of drug-likeness (QED) is 0.360. The number of aromatic nitrogens is 3. The summed E-state index contributed by atoms with van der Waals surface area (Å²) in [7, 11) is 0. The van der Waals surface area contributed by atoms with Gasteiger partial charge < -0.3 is 9.84 Å². The number of para-hydroxylation sites is 1. The van der Waals surface area contributed by atoms with Crippen LogP contribution >= 0.6 is 23.1 Å². The monoisotopic (exact) mass is 433 g/mol. The summed E-state index contributed by atoms with van der Waals surface area (Å²) in [5, 5.41) is 19.7. The van der Waals surface area contributed by atoms with Gasteiger partial charge in [0.05, 0.1) is 16.3 Å². The second-order valence-corrected chi connectivity index (χ2v) is 8.83. The van der Waals surface area contributed by atoms with Crippen molar-refractivity contribution in [3.63, 3.8) is 0 Å². The van der Waals surface area contributed by atoms with Gasteiger partial charge in [-0.25, -0.2) is 0 Å². The first-order valence-electron chi connectivity index (χ1n) is 9.60.